The van der Waals surface area contributed by atoms with Gasteiger partial charge in [-0.3, -0.25) is 4.79 Å². The van der Waals surface area contributed by atoms with Crippen LogP contribution in [0.4, 0.5) is 0 Å². The van der Waals surface area contributed by atoms with Crippen LogP contribution in [0.25, 0.3) is 0 Å². The standard InChI is InChI=1S/C14H16BrNO4/c1-8(9-2-3-9)16-13(17)7-20-12-5-4-10(14(18)19)6-11(12)15/h4-6,8-9H,2-3,7H2,1H3,(H,16,17)(H,18,19)/t8-/m1/s1. The number of hydrogen-bond acceptors (Lipinski definition) is 3. The minimum atomic E-state index is -1.01. The van der Waals surface area contributed by atoms with Gasteiger partial charge in [-0.1, -0.05) is 0 Å². The molecule has 0 bridgehead atoms. The first-order valence-electron chi connectivity index (χ1n) is 6.42. The zero-order valence-corrected chi connectivity index (χ0v) is 12.6. The second kappa shape index (κ2) is 6.26. The van der Waals surface area contributed by atoms with Crippen LogP contribution in [0.1, 0.15) is 30.1 Å². The molecule has 20 heavy (non-hydrogen) atoms. The number of aromatic carboxylic acids is 1. The van der Waals surface area contributed by atoms with Crippen molar-refractivity contribution in [1.29, 1.82) is 0 Å². The fourth-order valence-corrected chi connectivity index (χ4v) is 2.40. The number of carboxylic acid groups (broad SMARTS) is 1. The lowest BCUT2D eigenvalue weighted by Crippen LogP contribution is -2.37. The Morgan fingerprint density at radius 2 is 2.20 bits per heavy atom. The average molecular weight is 342 g/mol. The molecule has 5 nitrogen and oxygen atoms in total. The number of rotatable bonds is 6. The molecule has 1 fully saturated rings. The van der Waals surface area contributed by atoms with Gasteiger partial charge in [0.1, 0.15) is 5.75 Å². The molecule has 1 aromatic carbocycles. The highest BCUT2D eigenvalue weighted by molar-refractivity contribution is 9.10. The maximum atomic E-state index is 11.7. The van der Waals surface area contributed by atoms with Crippen molar-refractivity contribution >= 4 is 27.8 Å². The molecule has 0 unspecified atom stereocenters. The van der Waals surface area contributed by atoms with Crippen molar-refractivity contribution in [1.82, 2.24) is 5.32 Å². The van der Waals surface area contributed by atoms with Crippen LogP contribution >= 0.6 is 15.9 Å². The summed E-state index contributed by atoms with van der Waals surface area (Å²) in [5.41, 5.74) is 0.163. The lowest BCUT2D eigenvalue weighted by atomic mass is 10.2. The summed E-state index contributed by atoms with van der Waals surface area (Å²) in [6, 6.07) is 4.60. The summed E-state index contributed by atoms with van der Waals surface area (Å²) in [5, 5.41) is 11.7. The van der Waals surface area contributed by atoms with Crippen molar-refractivity contribution in [2.24, 2.45) is 5.92 Å². The van der Waals surface area contributed by atoms with Gasteiger partial charge in [0.05, 0.1) is 10.0 Å². The fourth-order valence-electron chi connectivity index (χ4n) is 1.90. The average Bonchev–Trinajstić information content (AvgIpc) is 3.21. The molecule has 1 aromatic rings. The Kier molecular flexibility index (Phi) is 4.65. The van der Waals surface area contributed by atoms with Crippen molar-refractivity contribution in [2.45, 2.75) is 25.8 Å². The Hall–Kier alpha value is -1.56. The van der Waals surface area contributed by atoms with E-state index in [2.05, 4.69) is 21.2 Å². The Morgan fingerprint density at radius 3 is 2.75 bits per heavy atom. The number of ether oxygens (including phenoxy) is 1. The number of carbonyl (C=O) groups is 2. The van der Waals surface area contributed by atoms with Gasteiger partial charge in [0.2, 0.25) is 0 Å². The van der Waals surface area contributed by atoms with Gasteiger partial charge >= 0.3 is 5.97 Å². The maximum Gasteiger partial charge on any atom is 0.335 e. The van der Waals surface area contributed by atoms with E-state index in [9.17, 15) is 9.59 Å². The van der Waals surface area contributed by atoms with Crippen LogP contribution in [-0.4, -0.2) is 29.6 Å². The highest BCUT2D eigenvalue weighted by Crippen LogP contribution is 2.32. The first-order chi connectivity index (χ1) is 9.47. The summed E-state index contributed by atoms with van der Waals surface area (Å²) in [7, 11) is 0. The molecule has 0 aliphatic heterocycles. The highest BCUT2D eigenvalue weighted by Gasteiger charge is 2.28. The lowest BCUT2D eigenvalue weighted by Gasteiger charge is -2.13. The fraction of sp³-hybridized carbons (Fsp3) is 0.429. The Bertz CT molecular complexity index is 528. The van der Waals surface area contributed by atoms with Crippen LogP contribution < -0.4 is 10.1 Å². The zero-order valence-electron chi connectivity index (χ0n) is 11.1. The van der Waals surface area contributed by atoms with Crippen molar-refractivity contribution in [3.63, 3.8) is 0 Å². The van der Waals surface area contributed by atoms with E-state index in [1.807, 2.05) is 6.92 Å². The summed E-state index contributed by atoms with van der Waals surface area (Å²) >= 11 is 3.23. The molecule has 0 aromatic heterocycles. The molecule has 1 saturated carbocycles. The molecule has 0 saturated heterocycles. The van der Waals surface area contributed by atoms with E-state index < -0.39 is 5.97 Å². The van der Waals surface area contributed by atoms with Gasteiger partial charge in [-0.05, 0) is 59.8 Å². The lowest BCUT2D eigenvalue weighted by molar-refractivity contribution is -0.123. The second-order valence-electron chi connectivity index (χ2n) is 4.93. The molecule has 6 heteroatoms. The van der Waals surface area contributed by atoms with E-state index >= 15 is 0 Å². The highest BCUT2D eigenvalue weighted by atomic mass is 79.9. The maximum absolute atomic E-state index is 11.7. The Labute approximate surface area is 125 Å². The molecular formula is C14H16BrNO4. The first kappa shape index (κ1) is 14.8. The summed E-state index contributed by atoms with van der Waals surface area (Å²) in [4.78, 5) is 22.5. The van der Waals surface area contributed by atoms with Crippen LogP contribution in [-0.2, 0) is 4.79 Å². The molecular weight excluding hydrogens is 326 g/mol. The molecule has 108 valence electrons. The van der Waals surface area contributed by atoms with E-state index in [0.29, 0.717) is 16.1 Å². The number of carboxylic acids is 1. The third-order valence-electron chi connectivity index (χ3n) is 3.26. The van der Waals surface area contributed by atoms with Crippen molar-refractivity contribution in [3.8, 4) is 5.75 Å². The van der Waals surface area contributed by atoms with E-state index in [1.54, 1.807) is 0 Å². The van der Waals surface area contributed by atoms with Gasteiger partial charge in [-0.25, -0.2) is 4.79 Å². The molecule has 0 heterocycles. The van der Waals surface area contributed by atoms with Gasteiger partial charge in [0.25, 0.3) is 5.91 Å². The second-order valence-corrected chi connectivity index (χ2v) is 5.79. The number of carbonyl (C=O) groups excluding carboxylic acids is 1. The van der Waals surface area contributed by atoms with Crippen LogP contribution in [0.2, 0.25) is 0 Å². The van der Waals surface area contributed by atoms with Crippen molar-refractivity contribution in [3.05, 3.63) is 28.2 Å². The zero-order chi connectivity index (χ0) is 14.7. The molecule has 0 spiro atoms. The largest absolute Gasteiger partial charge is 0.483 e. The number of amides is 1. The number of halogens is 1. The third-order valence-corrected chi connectivity index (χ3v) is 3.88. The van der Waals surface area contributed by atoms with Crippen LogP contribution in [0.15, 0.2) is 22.7 Å². The Morgan fingerprint density at radius 1 is 1.50 bits per heavy atom. The summed E-state index contributed by atoms with van der Waals surface area (Å²) in [5.74, 6) is -0.128. The van der Waals surface area contributed by atoms with E-state index in [1.165, 1.54) is 31.0 Å². The number of benzene rings is 1. The van der Waals surface area contributed by atoms with Gasteiger partial charge in [0.15, 0.2) is 6.61 Å². The molecule has 1 amide bonds. The van der Waals surface area contributed by atoms with Gasteiger partial charge < -0.3 is 15.2 Å². The summed E-state index contributed by atoms with van der Waals surface area (Å²) in [6.45, 7) is 1.91. The third kappa shape index (κ3) is 3.96. The molecule has 1 aliphatic carbocycles. The molecule has 2 rings (SSSR count). The smallest absolute Gasteiger partial charge is 0.335 e. The summed E-state index contributed by atoms with van der Waals surface area (Å²) in [6.07, 6.45) is 2.34. The minimum absolute atomic E-state index is 0.0813. The van der Waals surface area contributed by atoms with E-state index in [0.717, 1.165) is 0 Å². The quantitative estimate of drug-likeness (QED) is 0.833. The SMILES string of the molecule is C[C@@H](NC(=O)COc1ccc(C(=O)O)cc1Br)C1CC1. The predicted octanol–water partition coefficient (Wildman–Crippen LogP) is 2.44. The topological polar surface area (TPSA) is 75.6 Å². The predicted molar refractivity (Wildman–Crippen MR) is 76.9 cm³/mol. The van der Waals surface area contributed by atoms with E-state index in [4.69, 9.17) is 9.84 Å². The van der Waals surface area contributed by atoms with Crippen molar-refractivity contribution in [2.75, 3.05) is 6.61 Å². The van der Waals surface area contributed by atoms with Gasteiger partial charge in [0, 0.05) is 6.04 Å². The Balaban J connectivity index is 1.86. The van der Waals surface area contributed by atoms with Gasteiger partial charge in [-0.2, -0.15) is 0 Å². The number of nitrogens with one attached hydrogen (secondary N) is 1. The molecule has 0 radical (unpaired) electrons. The molecule has 1 aliphatic rings. The normalized spacial score (nSPS) is 15.5. The molecule has 2 N–H and O–H groups in total. The molecule has 1 atom stereocenters. The summed E-state index contributed by atoms with van der Waals surface area (Å²) < 4.78 is 5.90. The van der Waals surface area contributed by atoms with E-state index in [-0.39, 0.29) is 24.1 Å². The van der Waals surface area contributed by atoms with Crippen LogP contribution in [0.5, 0.6) is 5.75 Å². The van der Waals surface area contributed by atoms with Gasteiger partial charge in [-0.15, -0.1) is 0 Å². The monoisotopic (exact) mass is 341 g/mol. The van der Waals surface area contributed by atoms with Crippen molar-refractivity contribution < 1.29 is 19.4 Å². The van der Waals surface area contributed by atoms with Crippen LogP contribution in [0, 0.1) is 5.92 Å². The number of hydrogen-bond donors (Lipinski definition) is 2. The first-order valence-corrected chi connectivity index (χ1v) is 7.21. The minimum Gasteiger partial charge on any atom is -0.483 e. The van der Waals surface area contributed by atoms with Crippen LogP contribution in [0.3, 0.4) is 0 Å².